The summed E-state index contributed by atoms with van der Waals surface area (Å²) in [6.07, 6.45) is 4.17. The minimum absolute atomic E-state index is 0.00310. The fourth-order valence-electron chi connectivity index (χ4n) is 4.67. The van der Waals surface area contributed by atoms with E-state index in [0.29, 0.717) is 5.92 Å². The lowest BCUT2D eigenvalue weighted by Crippen LogP contribution is -2.54. The van der Waals surface area contributed by atoms with Gasteiger partial charge in [0.25, 0.3) is 0 Å². The number of ether oxygens (including phenoxy) is 1. The number of piperidine rings is 3. The molecule has 0 radical (unpaired) electrons. The molecule has 0 amide bonds. The fraction of sp³-hybridized carbons (Fsp3) is 0.550. The van der Waals surface area contributed by atoms with Gasteiger partial charge in [0.15, 0.2) is 0 Å². The summed E-state index contributed by atoms with van der Waals surface area (Å²) >= 11 is 0. The van der Waals surface area contributed by atoms with Crippen LogP contribution in [0, 0.1) is 11.8 Å². The van der Waals surface area contributed by atoms with E-state index >= 15 is 4.39 Å². The van der Waals surface area contributed by atoms with Gasteiger partial charge in [-0.15, -0.1) is 0 Å². The smallest absolute Gasteiger partial charge is 0.141 e. The van der Waals surface area contributed by atoms with Crippen LogP contribution in [0.5, 0.6) is 5.75 Å². The number of pyridine rings is 1. The van der Waals surface area contributed by atoms with Gasteiger partial charge in [-0.1, -0.05) is 13.3 Å². The fourth-order valence-corrected chi connectivity index (χ4v) is 4.67. The number of hydrogen-bond donors (Lipinski definition) is 0. The molecule has 24 heavy (non-hydrogen) atoms. The molecule has 2 bridgehead atoms. The van der Waals surface area contributed by atoms with Crippen molar-refractivity contribution in [3.63, 3.8) is 0 Å². The molecule has 3 saturated heterocycles. The molecule has 5 atom stereocenters. The Bertz CT molecular complexity index is 735. The van der Waals surface area contributed by atoms with Crippen molar-refractivity contribution in [1.82, 2.24) is 9.88 Å². The van der Waals surface area contributed by atoms with Crippen LogP contribution in [0.2, 0.25) is 0 Å². The summed E-state index contributed by atoms with van der Waals surface area (Å²) in [7, 11) is 1.64. The lowest BCUT2D eigenvalue weighted by atomic mass is 9.73. The lowest BCUT2D eigenvalue weighted by molar-refractivity contribution is -0.0332. The van der Waals surface area contributed by atoms with Gasteiger partial charge >= 0.3 is 0 Å². The summed E-state index contributed by atoms with van der Waals surface area (Å²) in [6.45, 7) is 4.36. The van der Waals surface area contributed by atoms with E-state index in [1.54, 1.807) is 13.3 Å². The molecular weight excluding hydrogens is 303 g/mol. The van der Waals surface area contributed by atoms with E-state index in [-0.39, 0.29) is 6.04 Å². The van der Waals surface area contributed by atoms with E-state index in [1.807, 2.05) is 24.3 Å². The summed E-state index contributed by atoms with van der Waals surface area (Å²) < 4.78 is 20.9. The van der Waals surface area contributed by atoms with Gasteiger partial charge in [-0.25, -0.2) is 4.39 Å². The van der Waals surface area contributed by atoms with Gasteiger partial charge in [0, 0.05) is 24.2 Å². The number of fused-ring (bicyclic) bond motifs is 4. The van der Waals surface area contributed by atoms with Crippen LogP contribution in [-0.2, 0) is 0 Å². The summed E-state index contributed by atoms with van der Waals surface area (Å²) in [5, 5.41) is 0.874. The molecule has 4 heterocycles. The van der Waals surface area contributed by atoms with Gasteiger partial charge < -0.3 is 4.74 Å². The number of benzene rings is 1. The molecule has 0 aliphatic carbocycles. The van der Waals surface area contributed by atoms with Crippen LogP contribution in [0.15, 0.2) is 30.5 Å². The largest absolute Gasteiger partial charge is 0.497 e. The molecule has 0 N–H and O–H groups in total. The van der Waals surface area contributed by atoms with E-state index in [9.17, 15) is 0 Å². The zero-order chi connectivity index (χ0) is 16.7. The van der Waals surface area contributed by atoms with Crippen molar-refractivity contribution < 1.29 is 9.13 Å². The number of nitrogens with zero attached hydrogens (tertiary/aromatic N) is 2. The first kappa shape index (κ1) is 15.8. The van der Waals surface area contributed by atoms with Crippen molar-refractivity contribution in [3.8, 4) is 5.75 Å². The molecule has 4 heteroatoms. The Kier molecular flexibility index (Phi) is 4.17. The highest BCUT2D eigenvalue weighted by Gasteiger charge is 2.43. The molecule has 3 fully saturated rings. The van der Waals surface area contributed by atoms with Crippen LogP contribution in [0.4, 0.5) is 4.39 Å². The van der Waals surface area contributed by atoms with E-state index in [2.05, 4.69) is 16.8 Å². The Hall–Kier alpha value is -1.68. The van der Waals surface area contributed by atoms with Gasteiger partial charge in [0.1, 0.15) is 11.9 Å². The molecule has 3 aliphatic heterocycles. The minimum atomic E-state index is -0.969. The second kappa shape index (κ2) is 6.32. The number of rotatable bonds is 4. The highest BCUT2D eigenvalue weighted by atomic mass is 19.1. The average molecular weight is 328 g/mol. The van der Waals surface area contributed by atoms with Crippen LogP contribution in [-0.4, -0.2) is 36.1 Å². The van der Waals surface area contributed by atoms with Crippen LogP contribution < -0.4 is 4.74 Å². The van der Waals surface area contributed by atoms with Crippen LogP contribution in [0.3, 0.4) is 0 Å². The topological polar surface area (TPSA) is 25.4 Å². The normalized spacial score (nSPS) is 30.5. The van der Waals surface area contributed by atoms with Gasteiger partial charge in [0.05, 0.1) is 12.6 Å². The van der Waals surface area contributed by atoms with E-state index in [0.717, 1.165) is 47.6 Å². The van der Waals surface area contributed by atoms with E-state index in [4.69, 9.17) is 4.74 Å². The number of methoxy groups -OCH3 is 1. The Morgan fingerprint density at radius 3 is 2.96 bits per heavy atom. The number of aromatic nitrogens is 1. The molecule has 1 unspecified atom stereocenters. The predicted octanol–water partition coefficient (Wildman–Crippen LogP) is 4.37. The van der Waals surface area contributed by atoms with Crippen molar-refractivity contribution in [3.05, 3.63) is 36.0 Å². The first-order valence-corrected chi connectivity index (χ1v) is 9.02. The maximum Gasteiger partial charge on any atom is 0.141 e. The Balaban J connectivity index is 1.68. The zero-order valence-electron chi connectivity index (χ0n) is 14.4. The van der Waals surface area contributed by atoms with Gasteiger partial charge in [0.2, 0.25) is 0 Å². The van der Waals surface area contributed by atoms with Crippen LogP contribution in [0.1, 0.15) is 37.9 Å². The van der Waals surface area contributed by atoms with Gasteiger partial charge in [-0.3, -0.25) is 9.88 Å². The highest BCUT2D eigenvalue weighted by Crippen LogP contribution is 2.44. The second-order valence-corrected chi connectivity index (χ2v) is 7.20. The molecule has 3 aliphatic rings. The first-order chi connectivity index (χ1) is 11.7. The number of hydrogen-bond acceptors (Lipinski definition) is 3. The van der Waals surface area contributed by atoms with Crippen molar-refractivity contribution in [2.45, 2.75) is 38.4 Å². The SMILES string of the molecule is CC[C@H]1CN2CC[C@H]1C[C@H]2[C@@H](F)c1ccnc2ccc(OC)cc12. The molecule has 0 spiro atoms. The van der Waals surface area contributed by atoms with Crippen LogP contribution >= 0.6 is 0 Å². The third-order valence-corrected chi connectivity index (χ3v) is 6.08. The van der Waals surface area contributed by atoms with Crippen LogP contribution in [0.25, 0.3) is 10.9 Å². The highest BCUT2D eigenvalue weighted by molar-refractivity contribution is 5.84. The van der Waals surface area contributed by atoms with Crippen molar-refractivity contribution in [2.75, 3.05) is 20.2 Å². The molecule has 1 aromatic heterocycles. The Morgan fingerprint density at radius 2 is 2.25 bits per heavy atom. The van der Waals surface area contributed by atoms with E-state index < -0.39 is 6.17 Å². The molecule has 0 saturated carbocycles. The van der Waals surface area contributed by atoms with Gasteiger partial charge in [-0.2, -0.15) is 0 Å². The standard InChI is InChI=1S/C20H25FN2O/c1-3-13-12-23-9-7-14(13)10-19(23)20(21)16-6-8-22-18-5-4-15(24-2)11-17(16)18/h4-6,8,11,13-14,19-20H,3,7,9-10,12H2,1-2H3/t13-,14-,19-,20-/m0/s1. The molecule has 128 valence electrons. The molecular formula is C20H25FN2O. The maximum atomic E-state index is 15.6. The predicted molar refractivity (Wildman–Crippen MR) is 94.0 cm³/mol. The first-order valence-electron chi connectivity index (χ1n) is 9.02. The second-order valence-electron chi connectivity index (χ2n) is 7.20. The van der Waals surface area contributed by atoms with Crippen molar-refractivity contribution in [1.29, 1.82) is 0 Å². The molecule has 1 aromatic carbocycles. The number of halogens is 1. The monoisotopic (exact) mass is 328 g/mol. The third kappa shape index (κ3) is 2.57. The van der Waals surface area contributed by atoms with Gasteiger partial charge in [-0.05, 0) is 61.1 Å². The third-order valence-electron chi connectivity index (χ3n) is 6.08. The summed E-state index contributed by atoms with van der Waals surface area (Å²) in [6, 6.07) is 7.54. The minimum Gasteiger partial charge on any atom is -0.497 e. The summed E-state index contributed by atoms with van der Waals surface area (Å²) in [5.74, 6) is 2.18. The average Bonchev–Trinajstić information content (AvgIpc) is 2.66. The number of alkyl halides is 1. The maximum absolute atomic E-state index is 15.6. The van der Waals surface area contributed by atoms with Crippen molar-refractivity contribution >= 4 is 10.9 Å². The van der Waals surface area contributed by atoms with E-state index in [1.165, 1.54) is 12.8 Å². The zero-order valence-corrected chi connectivity index (χ0v) is 14.4. The molecule has 5 rings (SSSR count). The quantitative estimate of drug-likeness (QED) is 0.833. The molecule has 2 aromatic rings. The summed E-state index contributed by atoms with van der Waals surface area (Å²) in [4.78, 5) is 6.76. The molecule has 3 nitrogen and oxygen atoms in total. The lowest BCUT2D eigenvalue weighted by Gasteiger charge is -2.50. The Morgan fingerprint density at radius 1 is 1.38 bits per heavy atom. The Labute approximate surface area is 142 Å². The van der Waals surface area contributed by atoms with Crippen molar-refractivity contribution in [2.24, 2.45) is 11.8 Å². The summed E-state index contributed by atoms with van der Waals surface area (Å²) in [5.41, 5.74) is 1.59.